The van der Waals surface area contributed by atoms with E-state index in [9.17, 15) is 9.59 Å². The van der Waals surface area contributed by atoms with Gasteiger partial charge in [-0.2, -0.15) is 0 Å². The molecule has 1 amide bonds. The third kappa shape index (κ3) is 3.36. The van der Waals surface area contributed by atoms with Gasteiger partial charge in [0.2, 0.25) is 5.91 Å². The zero-order chi connectivity index (χ0) is 17.8. The molecule has 1 heterocycles. The fourth-order valence-electron chi connectivity index (χ4n) is 3.27. The van der Waals surface area contributed by atoms with Gasteiger partial charge in [-0.15, -0.1) is 0 Å². The van der Waals surface area contributed by atoms with Gasteiger partial charge in [-0.05, 0) is 36.8 Å². The van der Waals surface area contributed by atoms with Crippen LogP contribution in [0.4, 0.5) is 5.69 Å². The molecule has 5 heteroatoms. The Morgan fingerprint density at radius 3 is 2.40 bits per heavy atom. The van der Waals surface area contributed by atoms with Crippen molar-refractivity contribution in [2.24, 2.45) is 5.92 Å². The molecule has 25 heavy (non-hydrogen) atoms. The molecular weight excluding hydrogens is 318 g/mol. The second-order valence-electron chi connectivity index (χ2n) is 5.88. The van der Waals surface area contributed by atoms with Crippen LogP contribution in [0.3, 0.4) is 0 Å². The van der Waals surface area contributed by atoms with Gasteiger partial charge in [0.05, 0.1) is 25.7 Å². The number of carbonyl (C=O) groups excluding carboxylic acids is 2. The van der Waals surface area contributed by atoms with Gasteiger partial charge in [-0.1, -0.05) is 30.3 Å². The van der Waals surface area contributed by atoms with Crippen molar-refractivity contribution in [2.75, 3.05) is 18.6 Å². The third-order valence-electron chi connectivity index (χ3n) is 4.40. The summed E-state index contributed by atoms with van der Waals surface area (Å²) in [6.45, 7) is 2.07. The number of anilines is 1. The number of amides is 1. The van der Waals surface area contributed by atoms with Crippen LogP contribution in [0.25, 0.3) is 0 Å². The van der Waals surface area contributed by atoms with Gasteiger partial charge < -0.3 is 14.4 Å². The van der Waals surface area contributed by atoms with Crippen LogP contribution >= 0.6 is 0 Å². The molecule has 0 unspecified atom stereocenters. The average molecular weight is 339 g/mol. The van der Waals surface area contributed by atoms with E-state index in [0.29, 0.717) is 6.61 Å². The lowest BCUT2D eigenvalue weighted by Crippen LogP contribution is -2.31. The van der Waals surface area contributed by atoms with Crippen LogP contribution in [0.15, 0.2) is 54.6 Å². The standard InChI is InChI=1S/C20H21NO4/c1-3-25-20(23)17-13-18(22)21(15-7-5-4-6-8-15)19(17)14-9-11-16(24-2)12-10-14/h4-12,17,19H,3,13H2,1-2H3/t17-,19-/m1/s1. The van der Waals surface area contributed by atoms with Gasteiger partial charge >= 0.3 is 5.97 Å². The molecule has 1 aliphatic rings. The summed E-state index contributed by atoms with van der Waals surface area (Å²) >= 11 is 0. The number of benzene rings is 2. The van der Waals surface area contributed by atoms with E-state index in [-0.39, 0.29) is 24.3 Å². The predicted octanol–water partition coefficient (Wildman–Crippen LogP) is 3.35. The number of methoxy groups -OCH3 is 1. The molecule has 5 nitrogen and oxygen atoms in total. The highest BCUT2D eigenvalue weighted by molar-refractivity contribution is 6.00. The Morgan fingerprint density at radius 1 is 1.12 bits per heavy atom. The molecule has 0 aliphatic carbocycles. The topological polar surface area (TPSA) is 55.8 Å². The van der Waals surface area contributed by atoms with Gasteiger partial charge in [0.1, 0.15) is 5.75 Å². The van der Waals surface area contributed by atoms with E-state index >= 15 is 0 Å². The second-order valence-corrected chi connectivity index (χ2v) is 5.88. The molecule has 2 aromatic rings. The monoisotopic (exact) mass is 339 g/mol. The highest BCUT2D eigenvalue weighted by atomic mass is 16.5. The maximum atomic E-state index is 12.7. The smallest absolute Gasteiger partial charge is 0.311 e. The Kier molecular flexibility index (Phi) is 5.03. The summed E-state index contributed by atoms with van der Waals surface area (Å²) < 4.78 is 10.4. The van der Waals surface area contributed by atoms with Crippen LogP contribution in [0.5, 0.6) is 5.75 Å². The number of rotatable bonds is 5. The van der Waals surface area contributed by atoms with Crippen molar-refractivity contribution < 1.29 is 19.1 Å². The summed E-state index contributed by atoms with van der Waals surface area (Å²) in [6, 6.07) is 16.5. The first-order chi connectivity index (χ1) is 12.2. The Labute approximate surface area is 147 Å². The highest BCUT2D eigenvalue weighted by Crippen LogP contribution is 2.42. The van der Waals surface area contributed by atoms with E-state index < -0.39 is 5.92 Å². The average Bonchev–Trinajstić information content (AvgIpc) is 3.00. The van der Waals surface area contributed by atoms with Crippen molar-refractivity contribution in [3.8, 4) is 5.75 Å². The van der Waals surface area contributed by atoms with Crippen LogP contribution in [0.2, 0.25) is 0 Å². The van der Waals surface area contributed by atoms with Crippen molar-refractivity contribution in [3.63, 3.8) is 0 Å². The Hall–Kier alpha value is -2.82. The number of esters is 1. The molecule has 2 aromatic carbocycles. The fraction of sp³-hybridized carbons (Fsp3) is 0.300. The van der Waals surface area contributed by atoms with Crippen molar-refractivity contribution in [1.82, 2.24) is 0 Å². The molecule has 0 saturated carbocycles. The Bertz CT molecular complexity index is 742. The summed E-state index contributed by atoms with van der Waals surface area (Å²) in [7, 11) is 1.60. The Balaban J connectivity index is 2.03. The molecule has 1 aliphatic heterocycles. The lowest BCUT2D eigenvalue weighted by Gasteiger charge is -2.28. The predicted molar refractivity (Wildman–Crippen MR) is 94.4 cm³/mol. The number of ether oxygens (including phenoxy) is 2. The molecule has 0 radical (unpaired) electrons. The van der Waals surface area contributed by atoms with E-state index in [4.69, 9.17) is 9.47 Å². The molecule has 2 atom stereocenters. The lowest BCUT2D eigenvalue weighted by atomic mass is 9.93. The lowest BCUT2D eigenvalue weighted by molar-refractivity contribution is -0.148. The normalized spacial score (nSPS) is 19.8. The number of carbonyl (C=O) groups is 2. The highest BCUT2D eigenvalue weighted by Gasteiger charge is 2.46. The maximum absolute atomic E-state index is 12.7. The van der Waals surface area contributed by atoms with Gasteiger partial charge in [0.25, 0.3) is 0 Å². The van der Waals surface area contributed by atoms with Crippen molar-refractivity contribution >= 4 is 17.6 Å². The van der Waals surface area contributed by atoms with E-state index in [1.54, 1.807) is 18.9 Å². The van der Waals surface area contributed by atoms with Gasteiger partial charge in [0.15, 0.2) is 0 Å². The summed E-state index contributed by atoms with van der Waals surface area (Å²) in [4.78, 5) is 26.8. The van der Waals surface area contributed by atoms with Crippen molar-refractivity contribution in [1.29, 1.82) is 0 Å². The number of nitrogens with zero attached hydrogens (tertiary/aromatic N) is 1. The minimum atomic E-state index is -0.527. The first kappa shape index (κ1) is 17.0. The summed E-state index contributed by atoms with van der Waals surface area (Å²) in [5.41, 5.74) is 1.66. The van der Waals surface area contributed by atoms with E-state index in [2.05, 4.69) is 0 Å². The van der Waals surface area contributed by atoms with Crippen LogP contribution in [-0.2, 0) is 14.3 Å². The van der Waals surface area contributed by atoms with E-state index in [1.807, 2.05) is 54.6 Å². The molecule has 1 fully saturated rings. The number of hydrogen-bond acceptors (Lipinski definition) is 4. The second kappa shape index (κ2) is 7.38. The minimum absolute atomic E-state index is 0.0786. The first-order valence-corrected chi connectivity index (χ1v) is 8.33. The molecule has 0 spiro atoms. The molecular formula is C20H21NO4. The fourth-order valence-corrected chi connectivity index (χ4v) is 3.27. The SMILES string of the molecule is CCOC(=O)[C@@H]1CC(=O)N(c2ccccc2)[C@@H]1c1ccc(OC)cc1. The largest absolute Gasteiger partial charge is 0.497 e. The van der Waals surface area contributed by atoms with Gasteiger partial charge in [0, 0.05) is 12.1 Å². The van der Waals surface area contributed by atoms with Crippen LogP contribution in [0, 0.1) is 5.92 Å². The zero-order valence-corrected chi connectivity index (χ0v) is 14.3. The molecule has 0 bridgehead atoms. The van der Waals surface area contributed by atoms with Crippen LogP contribution in [-0.4, -0.2) is 25.6 Å². The van der Waals surface area contributed by atoms with Gasteiger partial charge in [-0.25, -0.2) is 0 Å². The van der Waals surface area contributed by atoms with Gasteiger partial charge in [-0.3, -0.25) is 9.59 Å². The Morgan fingerprint density at radius 2 is 1.80 bits per heavy atom. The van der Waals surface area contributed by atoms with Crippen molar-refractivity contribution in [2.45, 2.75) is 19.4 Å². The quantitative estimate of drug-likeness (QED) is 0.784. The summed E-state index contributed by atoms with van der Waals surface area (Å²) in [5.74, 6) is -0.215. The molecule has 1 saturated heterocycles. The number of para-hydroxylation sites is 1. The van der Waals surface area contributed by atoms with Crippen LogP contribution in [0.1, 0.15) is 24.9 Å². The van der Waals surface area contributed by atoms with E-state index in [1.165, 1.54) is 0 Å². The molecule has 3 rings (SSSR count). The van der Waals surface area contributed by atoms with Crippen molar-refractivity contribution in [3.05, 3.63) is 60.2 Å². The summed E-state index contributed by atoms with van der Waals surface area (Å²) in [5, 5.41) is 0. The minimum Gasteiger partial charge on any atom is -0.497 e. The zero-order valence-electron chi connectivity index (χ0n) is 14.3. The maximum Gasteiger partial charge on any atom is 0.311 e. The summed E-state index contributed by atoms with van der Waals surface area (Å²) in [6.07, 6.45) is 0.143. The first-order valence-electron chi connectivity index (χ1n) is 8.33. The van der Waals surface area contributed by atoms with Crippen LogP contribution < -0.4 is 9.64 Å². The third-order valence-corrected chi connectivity index (χ3v) is 4.40. The molecule has 0 aromatic heterocycles. The molecule has 0 N–H and O–H groups in total. The number of hydrogen-bond donors (Lipinski definition) is 0. The molecule has 130 valence electrons. The van der Waals surface area contributed by atoms with E-state index in [0.717, 1.165) is 17.0 Å².